The summed E-state index contributed by atoms with van der Waals surface area (Å²) in [5, 5.41) is 4.48. The summed E-state index contributed by atoms with van der Waals surface area (Å²) in [6.45, 7) is 4.76. The van der Waals surface area contributed by atoms with Gasteiger partial charge in [-0.3, -0.25) is 0 Å². The molecule has 0 spiro atoms. The lowest BCUT2D eigenvalue weighted by molar-refractivity contribution is 0.606. The first-order valence-electron chi connectivity index (χ1n) is 14.8. The van der Waals surface area contributed by atoms with Crippen LogP contribution < -0.4 is 4.90 Å². The van der Waals surface area contributed by atoms with Crippen molar-refractivity contribution >= 4 is 60.8 Å². The number of para-hydroxylation sites is 3. The first kappa shape index (κ1) is 23.7. The summed E-state index contributed by atoms with van der Waals surface area (Å²) >= 11 is 0. The number of allylic oxidation sites excluding steroid dienone is 3. The molecule has 0 saturated carbocycles. The van der Waals surface area contributed by atoms with Crippen molar-refractivity contribution < 1.29 is 8.83 Å². The molecule has 2 aliphatic carbocycles. The lowest BCUT2D eigenvalue weighted by Gasteiger charge is -2.33. The summed E-state index contributed by atoms with van der Waals surface area (Å²) in [6.07, 6.45) is 4.47. The maximum Gasteiger partial charge on any atom is 0.159 e. The largest absolute Gasteiger partial charge is 0.456 e. The topological polar surface area (TPSA) is 29.5 Å². The lowest BCUT2D eigenvalue weighted by atomic mass is 9.78. The minimum absolute atomic E-state index is 0.0309. The maximum atomic E-state index is 6.67. The molecule has 0 N–H and O–H groups in total. The molecule has 2 heterocycles. The van der Waals surface area contributed by atoms with E-state index >= 15 is 0 Å². The molecule has 0 aliphatic heterocycles. The number of anilines is 2. The van der Waals surface area contributed by atoms with Crippen molar-refractivity contribution in [3.8, 4) is 0 Å². The lowest BCUT2D eigenvalue weighted by Crippen LogP contribution is -2.22. The Morgan fingerprint density at radius 3 is 2.17 bits per heavy atom. The van der Waals surface area contributed by atoms with Gasteiger partial charge in [0, 0.05) is 27.1 Å². The molecule has 42 heavy (non-hydrogen) atoms. The Kier molecular flexibility index (Phi) is 4.79. The van der Waals surface area contributed by atoms with Gasteiger partial charge < -0.3 is 13.7 Å². The van der Waals surface area contributed by atoms with E-state index in [-0.39, 0.29) is 5.41 Å². The highest BCUT2D eigenvalue weighted by atomic mass is 16.3. The Morgan fingerprint density at radius 1 is 0.619 bits per heavy atom. The Hall–Kier alpha value is -5.02. The predicted molar refractivity (Wildman–Crippen MR) is 173 cm³/mol. The van der Waals surface area contributed by atoms with Crippen molar-refractivity contribution in [2.24, 2.45) is 0 Å². The highest BCUT2D eigenvalue weighted by Crippen LogP contribution is 2.55. The van der Waals surface area contributed by atoms with Crippen LogP contribution in [0.25, 0.3) is 49.5 Å². The summed E-state index contributed by atoms with van der Waals surface area (Å²) in [4.78, 5) is 2.45. The summed E-state index contributed by atoms with van der Waals surface area (Å²) in [6, 6.07) is 38.6. The van der Waals surface area contributed by atoms with Crippen molar-refractivity contribution in [3.63, 3.8) is 0 Å². The molecule has 5 aromatic carbocycles. The maximum absolute atomic E-state index is 6.67. The highest BCUT2D eigenvalue weighted by Gasteiger charge is 2.41. The minimum Gasteiger partial charge on any atom is -0.456 e. The number of hydrogen-bond donors (Lipinski definition) is 0. The van der Waals surface area contributed by atoms with Crippen LogP contribution in [0.3, 0.4) is 0 Å². The van der Waals surface area contributed by atoms with Crippen LogP contribution in [0, 0.1) is 0 Å². The van der Waals surface area contributed by atoms with Gasteiger partial charge in [0.15, 0.2) is 5.58 Å². The summed E-state index contributed by atoms with van der Waals surface area (Å²) < 4.78 is 13.1. The van der Waals surface area contributed by atoms with E-state index in [1.807, 2.05) is 12.1 Å². The van der Waals surface area contributed by atoms with Crippen molar-refractivity contribution in [3.05, 3.63) is 138 Å². The van der Waals surface area contributed by atoms with Gasteiger partial charge in [-0.1, -0.05) is 98.8 Å². The molecule has 3 nitrogen and oxygen atoms in total. The van der Waals surface area contributed by atoms with Crippen LogP contribution >= 0.6 is 0 Å². The van der Waals surface area contributed by atoms with Gasteiger partial charge in [0.1, 0.15) is 16.7 Å². The average Bonchev–Trinajstić information content (AvgIpc) is 3.67. The van der Waals surface area contributed by atoms with Crippen molar-refractivity contribution in [2.45, 2.75) is 32.1 Å². The Morgan fingerprint density at radius 2 is 1.29 bits per heavy atom. The predicted octanol–water partition coefficient (Wildman–Crippen LogP) is 11.0. The van der Waals surface area contributed by atoms with E-state index in [2.05, 4.69) is 122 Å². The fraction of sp³-hybridized carbons (Fsp3) is 0.128. The molecule has 0 amide bonds. The van der Waals surface area contributed by atoms with E-state index in [0.29, 0.717) is 0 Å². The second kappa shape index (κ2) is 8.50. The molecule has 0 unspecified atom stereocenters. The van der Waals surface area contributed by atoms with Gasteiger partial charge >= 0.3 is 0 Å². The molecular formula is C39H29NO2. The molecule has 0 radical (unpaired) electrons. The normalized spacial score (nSPS) is 15.9. The fourth-order valence-corrected chi connectivity index (χ4v) is 7.51. The zero-order chi connectivity index (χ0) is 28.0. The number of furan rings is 2. The SMILES string of the molecule is CC1(C)C2=C(C(N(c3cccc4c3oc3ccccc34)c3cccc4oc5ccccc5c34)=CCC2)c2ccccc21. The van der Waals surface area contributed by atoms with Crippen LogP contribution in [0.15, 0.2) is 135 Å². The molecule has 0 fully saturated rings. The van der Waals surface area contributed by atoms with E-state index in [1.54, 1.807) is 0 Å². The zero-order valence-corrected chi connectivity index (χ0v) is 23.6. The van der Waals surface area contributed by atoms with Gasteiger partial charge in [-0.15, -0.1) is 0 Å². The number of fused-ring (bicyclic) bond motifs is 8. The summed E-state index contributed by atoms with van der Waals surface area (Å²) in [7, 11) is 0. The van der Waals surface area contributed by atoms with Crippen molar-refractivity contribution in [2.75, 3.05) is 4.90 Å². The van der Waals surface area contributed by atoms with Crippen LogP contribution in [-0.2, 0) is 5.41 Å². The third-order valence-corrected chi connectivity index (χ3v) is 9.40. The molecule has 202 valence electrons. The third kappa shape index (κ3) is 3.11. The van der Waals surface area contributed by atoms with Gasteiger partial charge in [0.2, 0.25) is 0 Å². The second-order valence-corrected chi connectivity index (χ2v) is 12.0. The van der Waals surface area contributed by atoms with Gasteiger partial charge in [-0.05, 0) is 59.9 Å². The van der Waals surface area contributed by atoms with Gasteiger partial charge in [0.05, 0.1) is 22.5 Å². The summed E-state index contributed by atoms with van der Waals surface area (Å²) in [5.74, 6) is 0. The molecule has 0 saturated heterocycles. The standard InChI is InChI=1S/C39H29NO2/c1-39(2)28-16-6-3-13-26(28)36-29(39)17-10-18-30(36)40(31-19-11-23-35-37(31)27-14-5-8-22-34(27)41-35)32-20-9-15-25-24-12-4-7-21-33(24)42-38(25)32/h3-9,11-16,18-23H,10,17H2,1-2H3. The Balaban J connectivity index is 1.40. The van der Waals surface area contributed by atoms with Crippen LogP contribution in [0.1, 0.15) is 37.8 Å². The van der Waals surface area contributed by atoms with Crippen LogP contribution in [0.5, 0.6) is 0 Å². The molecule has 0 atom stereocenters. The first-order chi connectivity index (χ1) is 20.6. The third-order valence-electron chi connectivity index (χ3n) is 9.40. The van der Waals surface area contributed by atoms with E-state index in [4.69, 9.17) is 8.83 Å². The number of rotatable bonds is 3. The average molecular weight is 544 g/mol. The number of hydrogen-bond acceptors (Lipinski definition) is 3. The van der Waals surface area contributed by atoms with Gasteiger partial charge in [-0.25, -0.2) is 0 Å². The Bertz CT molecular complexity index is 2290. The molecule has 9 rings (SSSR count). The Labute approximate surface area is 244 Å². The quantitative estimate of drug-likeness (QED) is 0.222. The molecule has 7 aromatic rings. The van der Waals surface area contributed by atoms with E-state index < -0.39 is 0 Å². The second-order valence-electron chi connectivity index (χ2n) is 12.0. The first-order valence-corrected chi connectivity index (χ1v) is 14.8. The number of benzene rings is 5. The summed E-state index contributed by atoms with van der Waals surface area (Å²) in [5.41, 5.74) is 12.4. The highest BCUT2D eigenvalue weighted by molar-refractivity contribution is 6.16. The van der Waals surface area contributed by atoms with E-state index in [1.165, 1.54) is 28.0 Å². The van der Waals surface area contributed by atoms with Gasteiger partial charge in [-0.2, -0.15) is 0 Å². The van der Waals surface area contributed by atoms with Crippen molar-refractivity contribution in [1.29, 1.82) is 0 Å². The smallest absolute Gasteiger partial charge is 0.159 e. The van der Waals surface area contributed by atoms with Gasteiger partial charge in [0.25, 0.3) is 0 Å². The number of nitrogens with zero attached hydrogens (tertiary/aromatic N) is 1. The zero-order valence-electron chi connectivity index (χ0n) is 23.6. The van der Waals surface area contributed by atoms with E-state index in [9.17, 15) is 0 Å². The molecular weight excluding hydrogens is 514 g/mol. The monoisotopic (exact) mass is 543 g/mol. The fourth-order valence-electron chi connectivity index (χ4n) is 7.51. The van der Waals surface area contributed by atoms with Crippen LogP contribution in [-0.4, -0.2) is 0 Å². The molecule has 2 aromatic heterocycles. The molecule has 2 aliphatic rings. The minimum atomic E-state index is -0.0309. The van der Waals surface area contributed by atoms with E-state index in [0.717, 1.165) is 68.1 Å². The van der Waals surface area contributed by atoms with Crippen LogP contribution in [0.2, 0.25) is 0 Å². The molecule has 0 bridgehead atoms. The van der Waals surface area contributed by atoms with Crippen LogP contribution in [0.4, 0.5) is 11.4 Å². The molecule has 3 heteroatoms. The van der Waals surface area contributed by atoms with Crippen molar-refractivity contribution in [1.82, 2.24) is 0 Å².